The Balaban J connectivity index is 1.91. The SMILES string of the molecule is [C]1=NCCCN1C1NCCO1. The van der Waals surface area contributed by atoms with Crippen LogP contribution in [0.2, 0.25) is 0 Å². The summed E-state index contributed by atoms with van der Waals surface area (Å²) < 4.78 is 5.38. The summed E-state index contributed by atoms with van der Waals surface area (Å²) in [6, 6.07) is 0. The van der Waals surface area contributed by atoms with E-state index in [2.05, 4.69) is 16.6 Å². The maximum atomic E-state index is 5.38. The maximum Gasteiger partial charge on any atom is 0.188 e. The Bertz CT molecular complexity index is 154. The van der Waals surface area contributed by atoms with Crippen LogP contribution < -0.4 is 5.32 Å². The Labute approximate surface area is 66.2 Å². The van der Waals surface area contributed by atoms with Crippen LogP contribution in [0, 0.1) is 0 Å². The van der Waals surface area contributed by atoms with E-state index in [9.17, 15) is 0 Å². The summed E-state index contributed by atoms with van der Waals surface area (Å²) >= 11 is 0. The zero-order chi connectivity index (χ0) is 7.52. The zero-order valence-corrected chi connectivity index (χ0v) is 6.42. The molecule has 2 heterocycles. The molecule has 2 aliphatic heterocycles. The van der Waals surface area contributed by atoms with Gasteiger partial charge in [-0.1, -0.05) is 0 Å². The smallest absolute Gasteiger partial charge is 0.188 e. The Hall–Kier alpha value is -0.610. The van der Waals surface area contributed by atoms with Crippen molar-refractivity contribution in [3.63, 3.8) is 0 Å². The molecule has 1 unspecified atom stereocenters. The molecule has 4 nitrogen and oxygen atoms in total. The van der Waals surface area contributed by atoms with Gasteiger partial charge in [-0.2, -0.15) is 0 Å². The lowest BCUT2D eigenvalue weighted by Gasteiger charge is -2.26. The zero-order valence-electron chi connectivity index (χ0n) is 6.42. The first-order valence-electron chi connectivity index (χ1n) is 4.00. The van der Waals surface area contributed by atoms with Crippen LogP contribution in [0.25, 0.3) is 0 Å². The summed E-state index contributed by atoms with van der Waals surface area (Å²) in [6.07, 6.45) is 4.06. The van der Waals surface area contributed by atoms with E-state index >= 15 is 0 Å². The second-order valence-corrected chi connectivity index (χ2v) is 2.71. The predicted molar refractivity (Wildman–Crippen MR) is 41.4 cm³/mol. The number of nitrogens with one attached hydrogen (secondary N) is 1. The second-order valence-electron chi connectivity index (χ2n) is 2.71. The first-order chi connectivity index (χ1) is 5.47. The van der Waals surface area contributed by atoms with E-state index in [0.29, 0.717) is 0 Å². The van der Waals surface area contributed by atoms with Gasteiger partial charge in [-0.05, 0) is 6.42 Å². The molecule has 4 heteroatoms. The van der Waals surface area contributed by atoms with Crippen LogP contribution in [0.15, 0.2) is 4.99 Å². The number of hydrogen-bond donors (Lipinski definition) is 1. The van der Waals surface area contributed by atoms with Crippen molar-refractivity contribution in [2.45, 2.75) is 12.8 Å². The monoisotopic (exact) mass is 154 g/mol. The highest BCUT2D eigenvalue weighted by Gasteiger charge is 2.21. The molecule has 2 rings (SSSR count). The minimum atomic E-state index is 0.0269. The van der Waals surface area contributed by atoms with Crippen LogP contribution in [0.3, 0.4) is 0 Å². The first-order valence-corrected chi connectivity index (χ1v) is 4.00. The lowest BCUT2D eigenvalue weighted by atomic mass is 10.4. The molecule has 2 aliphatic rings. The van der Waals surface area contributed by atoms with E-state index in [-0.39, 0.29) is 6.35 Å². The van der Waals surface area contributed by atoms with Gasteiger partial charge in [-0.15, -0.1) is 0 Å². The Morgan fingerprint density at radius 2 is 2.64 bits per heavy atom. The van der Waals surface area contributed by atoms with Crippen molar-refractivity contribution in [3.05, 3.63) is 0 Å². The molecule has 1 atom stereocenters. The Morgan fingerprint density at radius 3 is 3.27 bits per heavy atom. The van der Waals surface area contributed by atoms with Crippen molar-refractivity contribution in [2.75, 3.05) is 26.2 Å². The Kier molecular flexibility index (Phi) is 2.05. The van der Waals surface area contributed by atoms with Gasteiger partial charge in [0, 0.05) is 19.6 Å². The molecule has 0 spiro atoms. The van der Waals surface area contributed by atoms with E-state index in [1.807, 2.05) is 4.90 Å². The van der Waals surface area contributed by atoms with Gasteiger partial charge < -0.3 is 9.64 Å². The third-order valence-corrected chi connectivity index (χ3v) is 1.85. The van der Waals surface area contributed by atoms with Crippen LogP contribution in [-0.4, -0.2) is 43.8 Å². The third-order valence-electron chi connectivity index (χ3n) is 1.85. The normalized spacial score (nSPS) is 31.3. The standard InChI is InChI=1S/C7H12N3O/c1-2-8-6-10(4-1)7-9-3-5-11-7/h7,9H,1-5H2. The molecule has 11 heavy (non-hydrogen) atoms. The van der Waals surface area contributed by atoms with Crippen LogP contribution in [0.4, 0.5) is 0 Å². The van der Waals surface area contributed by atoms with Crippen molar-refractivity contribution in [1.82, 2.24) is 10.2 Å². The molecule has 1 fully saturated rings. The quantitative estimate of drug-likeness (QED) is 0.553. The van der Waals surface area contributed by atoms with Crippen LogP contribution >= 0.6 is 0 Å². The number of nitrogens with zero attached hydrogens (tertiary/aromatic N) is 2. The van der Waals surface area contributed by atoms with Gasteiger partial charge in [0.05, 0.1) is 6.61 Å². The van der Waals surface area contributed by atoms with E-state index in [0.717, 1.165) is 32.7 Å². The minimum Gasteiger partial charge on any atom is -0.344 e. The molecule has 0 aliphatic carbocycles. The second kappa shape index (κ2) is 3.19. The topological polar surface area (TPSA) is 36.9 Å². The van der Waals surface area contributed by atoms with Gasteiger partial charge >= 0.3 is 0 Å². The molecule has 0 amide bonds. The molecular formula is C7H12N3O. The van der Waals surface area contributed by atoms with Crippen molar-refractivity contribution in [1.29, 1.82) is 0 Å². The summed E-state index contributed by atoms with van der Waals surface area (Å²) in [5, 5.41) is 3.21. The largest absolute Gasteiger partial charge is 0.344 e. The third kappa shape index (κ3) is 1.52. The lowest BCUT2D eigenvalue weighted by molar-refractivity contribution is 0.00885. The molecule has 0 aromatic heterocycles. The number of rotatable bonds is 1. The molecule has 61 valence electrons. The van der Waals surface area contributed by atoms with Crippen molar-refractivity contribution in [3.8, 4) is 0 Å². The average Bonchev–Trinajstić information content (AvgIpc) is 2.58. The van der Waals surface area contributed by atoms with E-state index < -0.39 is 0 Å². The maximum absolute atomic E-state index is 5.38. The predicted octanol–water partition coefficient (Wildman–Crippen LogP) is -0.499. The lowest BCUT2D eigenvalue weighted by Crippen LogP contribution is -2.44. The molecule has 0 aromatic carbocycles. The van der Waals surface area contributed by atoms with E-state index in [1.165, 1.54) is 0 Å². The fraction of sp³-hybridized carbons (Fsp3) is 0.857. The molecular weight excluding hydrogens is 142 g/mol. The number of hydrogen-bond acceptors (Lipinski definition) is 4. The van der Waals surface area contributed by atoms with Gasteiger partial charge in [0.1, 0.15) is 0 Å². The molecule has 1 saturated heterocycles. The minimum absolute atomic E-state index is 0.0269. The summed E-state index contributed by atoms with van der Waals surface area (Å²) in [6.45, 7) is 3.64. The van der Waals surface area contributed by atoms with Crippen molar-refractivity contribution in [2.24, 2.45) is 4.99 Å². The summed E-state index contributed by atoms with van der Waals surface area (Å²) in [5.41, 5.74) is 0. The fourth-order valence-corrected chi connectivity index (χ4v) is 1.29. The number of aliphatic imine (C=N–C) groups is 1. The van der Waals surface area contributed by atoms with Crippen molar-refractivity contribution >= 4 is 6.34 Å². The van der Waals surface area contributed by atoms with Gasteiger partial charge in [0.2, 0.25) is 0 Å². The number of ether oxygens (including phenoxy) is 1. The van der Waals surface area contributed by atoms with Gasteiger partial charge in [-0.25, -0.2) is 0 Å². The average molecular weight is 154 g/mol. The molecule has 1 N–H and O–H groups in total. The highest BCUT2D eigenvalue weighted by Crippen LogP contribution is 2.05. The molecule has 0 aromatic rings. The van der Waals surface area contributed by atoms with E-state index in [1.54, 1.807) is 0 Å². The molecule has 0 bridgehead atoms. The van der Waals surface area contributed by atoms with Crippen LogP contribution in [0.1, 0.15) is 6.42 Å². The molecule has 1 radical (unpaired) electrons. The van der Waals surface area contributed by atoms with E-state index in [4.69, 9.17) is 4.74 Å². The first kappa shape index (κ1) is 7.06. The summed E-state index contributed by atoms with van der Waals surface area (Å²) in [7, 11) is 0. The Morgan fingerprint density at radius 1 is 1.64 bits per heavy atom. The van der Waals surface area contributed by atoms with Gasteiger partial charge in [0.25, 0.3) is 0 Å². The highest BCUT2D eigenvalue weighted by molar-refractivity contribution is 5.55. The summed E-state index contributed by atoms with van der Waals surface area (Å²) in [5.74, 6) is 0. The highest BCUT2D eigenvalue weighted by atomic mass is 16.5. The molecule has 0 saturated carbocycles. The van der Waals surface area contributed by atoms with Gasteiger partial charge in [0.15, 0.2) is 12.7 Å². The van der Waals surface area contributed by atoms with Crippen LogP contribution in [-0.2, 0) is 4.74 Å². The summed E-state index contributed by atoms with van der Waals surface area (Å²) in [4.78, 5) is 6.04. The van der Waals surface area contributed by atoms with Gasteiger partial charge in [-0.3, -0.25) is 10.3 Å². The van der Waals surface area contributed by atoms with Crippen LogP contribution in [0.5, 0.6) is 0 Å². The van der Waals surface area contributed by atoms with Crippen molar-refractivity contribution < 1.29 is 4.74 Å². The fourth-order valence-electron chi connectivity index (χ4n) is 1.29.